The van der Waals surface area contributed by atoms with E-state index in [2.05, 4.69) is 25.3 Å². The first-order chi connectivity index (χ1) is 5.81. The molecule has 1 atom stereocenters. The molecule has 0 aromatic heterocycles. The van der Waals surface area contributed by atoms with Crippen molar-refractivity contribution < 1.29 is 4.79 Å². The van der Waals surface area contributed by atoms with Crippen molar-refractivity contribution in [1.82, 2.24) is 0 Å². The third-order valence-electron chi connectivity index (χ3n) is 1.82. The Labute approximate surface area is 86.1 Å². The zero-order chi connectivity index (χ0) is 9.23. The fourth-order valence-corrected chi connectivity index (χ4v) is 1.90. The molecule has 0 fully saturated rings. The molecule has 1 nitrogen and oxygen atoms in total. The van der Waals surface area contributed by atoms with Crippen LogP contribution >= 0.6 is 25.3 Å². The number of hydrogen-bond donors (Lipinski definition) is 2. The standard InChI is InChI=1S/C9H18OS2/c10-7-4-2-1-3-5-9(12)6-8-11/h7,9,11-12H,1-6,8H2. The lowest BCUT2D eigenvalue weighted by Gasteiger charge is -2.07. The maximum Gasteiger partial charge on any atom is 0.119 e. The monoisotopic (exact) mass is 206 g/mol. The summed E-state index contributed by atoms with van der Waals surface area (Å²) in [5, 5.41) is 0.499. The van der Waals surface area contributed by atoms with Crippen molar-refractivity contribution in [3.05, 3.63) is 0 Å². The summed E-state index contributed by atoms with van der Waals surface area (Å²) < 4.78 is 0. The normalized spacial score (nSPS) is 12.8. The largest absolute Gasteiger partial charge is 0.303 e. The fraction of sp³-hybridized carbons (Fsp3) is 0.889. The first-order valence-electron chi connectivity index (χ1n) is 4.53. The molecule has 0 heterocycles. The van der Waals surface area contributed by atoms with Crippen LogP contribution in [0.5, 0.6) is 0 Å². The van der Waals surface area contributed by atoms with E-state index in [4.69, 9.17) is 0 Å². The Bertz CT molecular complexity index is 107. The van der Waals surface area contributed by atoms with Crippen LogP contribution in [0.3, 0.4) is 0 Å². The summed E-state index contributed by atoms with van der Waals surface area (Å²) in [5.74, 6) is 0.919. The Kier molecular flexibility index (Phi) is 9.75. The van der Waals surface area contributed by atoms with Gasteiger partial charge in [-0.15, -0.1) is 0 Å². The lowest BCUT2D eigenvalue weighted by molar-refractivity contribution is -0.107. The summed E-state index contributed by atoms with van der Waals surface area (Å²) in [6.45, 7) is 0. The minimum Gasteiger partial charge on any atom is -0.303 e. The van der Waals surface area contributed by atoms with Crippen LogP contribution in [0.2, 0.25) is 0 Å². The Morgan fingerprint density at radius 1 is 1.17 bits per heavy atom. The van der Waals surface area contributed by atoms with E-state index < -0.39 is 0 Å². The number of hydrogen-bond acceptors (Lipinski definition) is 3. The van der Waals surface area contributed by atoms with Gasteiger partial charge in [-0.2, -0.15) is 25.3 Å². The van der Waals surface area contributed by atoms with Gasteiger partial charge in [0.25, 0.3) is 0 Å². The van der Waals surface area contributed by atoms with Crippen molar-refractivity contribution in [3.63, 3.8) is 0 Å². The predicted octanol–water partition coefficient (Wildman–Crippen LogP) is 2.75. The molecular weight excluding hydrogens is 188 g/mol. The fourth-order valence-electron chi connectivity index (χ4n) is 1.08. The first-order valence-corrected chi connectivity index (χ1v) is 5.68. The summed E-state index contributed by atoms with van der Waals surface area (Å²) in [4.78, 5) is 9.98. The van der Waals surface area contributed by atoms with Crippen molar-refractivity contribution >= 4 is 31.5 Å². The highest BCUT2D eigenvalue weighted by molar-refractivity contribution is 7.81. The number of rotatable bonds is 8. The highest BCUT2D eigenvalue weighted by Crippen LogP contribution is 2.12. The van der Waals surface area contributed by atoms with Gasteiger partial charge in [-0.1, -0.05) is 12.8 Å². The van der Waals surface area contributed by atoms with Crippen molar-refractivity contribution in [2.45, 2.75) is 43.8 Å². The van der Waals surface area contributed by atoms with Crippen LogP contribution in [0.25, 0.3) is 0 Å². The number of carbonyl (C=O) groups is 1. The average molecular weight is 206 g/mol. The van der Waals surface area contributed by atoms with E-state index in [1.54, 1.807) is 0 Å². The van der Waals surface area contributed by atoms with E-state index >= 15 is 0 Å². The molecule has 0 aromatic rings. The quantitative estimate of drug-likeness (QED) is 0.355. The highest BCUT2D eigenvalue weighted by atomic mass is 32.1. The second-order valence-corrected chi connectivity index (χ2v) is 4.15. The van der Waals surface area contributed by atoms with Crippen LogP contribution in [0, 0.1) is 0 Å². The molecule has 0 radical (unpaired) electrons. The van der Waals surface area contributed by atoms with Crippen molar-refractivity contribution in [3.8, 4) is 0 Å². The molecule has 0 saturated heterocycles. The minimum absolute atomic E-state index is 0.499. The third-order valence-corrected chi connectivity index (χ3v) is 2.60. The van der Waals surface area contributed by atoms with Crippen LogP contribution in [-0.2, 0) is 4.79 Å². The third kappa shape index (κ3) is 8.47. The van der Waals surface area contributed by atoms with E-state index in [0.29, 0.717) is 11.7 Å². The van der Waals surface area contributed by atoms with Crippen LogP contribution in [0.1, 0.15) is 38.5 Å². The molecule has 0 rings (SSSR count). The van der Waals surface area contributed by atoms with Gasteiger partial charge in [0.05, 0.1) is 0 Å². The molecule has 12 heavy (non-hydrogen) atoms. The summed E-state index contributed by atoms with van der Waals surface area (Å²) >= 11 is 8.56. The molecule has 0 amide bonds. The number of unbranched alkanes of at least 4 members (excludes halogenated alkanes) is 3. The topological polar surface area (TPSA) is 17.1 Å². The van der Waals surface area contributed by atoms with Gasteiger partial charge < -0.3 is 4.79 Å². The zero-order valence-electron chi connectivity index (χ0n) is 7.41. The molecule has 0 N–H and O–H groups in total. The molecule has 0 aliphatic heterocycles. The molecule has 3 heteroatoms. The van der Waals surface area contributed by atoms with Crippen molar-refractivity contribution in [2.75, 3.05) is 5.75 Å². The van der Waals surface area contributed by atoms with Crippen LogP contribution in [-0.4, -0.2) is 17.3 Å². The van der Waals surface area contributed by atoms with Gasteiger partial charge in [-0.3, -0.25) is 0 Å². The lowest BCUT2D eigenvalue weighted by atomic mass is 10.1. The number of thiol groups is 2. The maximum atomic E-state index is 9.98. The van der Waals surface area contributed by atoms with Gasteiger partial charge in [0.1, 0.15) is 6.29 Å². The molecule has 72 valence electrons. The summed E-state index contributed by atoms with van der Waals surface area (Å²) in [7, 11) is 0. The predicted molar refractivity (Wildman–Crippen MR) is 60.4 cm³/mol. The van der Waals surface area contributed by atoms with E-state index in [0.717, 1.165) is 37.7 Å². The molecule has 0 aliphatic rings. The van der Waals surface area contributed by atoms with Crippen LogP contribution in [0.4, 0.5) is 0 Å². The van der Waals surface area contributed by atoms with Crippen LogP contribution < -0.4 is 0 Å². The molecule has 0 aliphatic carbocycles. The lowest BCUT2D eigenvalue weighted by Crippen LogP contribution is -1.99. The number of aldehydes is 1. The Balaban J connectivity index is 3.02. The summed E-state index contributed by atoms with van der Waals surface area (Å²) in [6.07, 6.45) is 7.32. The van der Waals surface area contributed by atoms with E-state index in [1.165, 1.54) is 6.42 Å². The molecule has 1 unspecified atom stereocenters. The van der Waals surface area contributed by atoms with E-state index in [9.17, 15) is 4.79 Å². The Morgan fingerprint density at radius 3 is 2.50 bits per heavy atom. The maximum absolute atomic E-state index is 9.98. The van der Waals surface area contributed by atoms with Gasteiger partial charge in [-0.25, -0.2) is 0 Å². The molecule has 0 spiro atoms. The molecule has 0 saturated carbocycles. The van der Waals surface area contributed by atoms with Crippen LogP contribution in [0.15, 0.2) is 0 Å². The second-order valence-electron chi connectivity index (χ2n) is 2.97. The second kappa shape index (κ2) is 9.46. The smallest absolute Gasteiger partial charge is 0.119 e. The van der Waals surface area contributed by atoms with E-state index in [1.807, 2.05) is 0 Å². The summed E-state index contributed by atoms with van der Waals surface area (Å²) in [5.41, 5.74) is 0. The zero-order valence-corrected chi connectivity index (χ0v) is 9.20. The number of carbonyl (C=O) groups excluding carboxylic acids is 1. The molecule has 0 aromatic carbocycles. The Hall–Kier alpha value is 0.370. The van der Waals surface area contributed by atoms with Gasteiger partial charge in [-0.05, 0) is 25.0 Å². The van der Waals surface area contributed by atoms with E-state index in [-0.39, 0.29) is 0 Å². The van der Waals surface area contributed by atoms with Gasteiger partial charge in [0, 0.05) is 11.7 Å². The van der Waals surface area contributed by atoms with Crippen molar-refractivity contribution in [1.29, 1.82) is 0 Å². The van der Waals surface area contributed by atoms with Gasteiger partial charge in [0.2, 0.25) is 0 Å². The minimum atomic E-state index is 0.499. The van der Waals surface area contributed by atoms with Gasteiger partial charge >= 0.3 is 0 Å². The highest BCUT2D eigenvalue weighted by Gasteiger charge is 2.00. The first kappa shape index (κ1) is 12.4. The average Bonchev–Trinajstić information content (AvgIpc) is 2.05. The van der Waals surface area contributed by atoms with Crippen molar-refractivity contribution in [2.24, 2.45) is 0 Å². The molecular formula is C9H18OS2. The summed E-state index contributed by atoms with van der Waals surface area (Å²) in [6, 6.07) is 0. The van der Waals surface area contributed by atoms with Gasteiger partial charge in [0.15, 0.2) is 0 Å². The SMILES string of the molecule is O=CCCCCCC(S)CCS. The molecule has 0 bridgehead atoms. The Morgan fingerprint density at radius 2 is 1.92 bits per heavy atom.